The van der Waals surface area contributed by atoms with E-state index in [1.807, 2.05) is 6.07 Å². The maximum atomic E-state index is 13.4. The number of guanidine groups is 1. The van der Waals surface area contributed by atoms with Gasteiger partial charge in [-0.2, -0.15) is 4.31 Å². The average molecular weight is 587 g/mol. The molecule has 1 heterocycles. The number of hydrogen-bond donors (Lipinski definition) is 6. The Labute approximate surface area is 240 Å². The first kappa shape index (κ1) is 31.6. The van der Waals surface area contributed by atoms with Gasteiger partial charge in [0.15, 0.2) is 5.96 Å². The molecule has 0 unspecified atom stereocenters. The molecule has 0 aromatic heterocycles. The van der Waals surface area contributed by atoms with E-state index < -0.39 is 34.0 Å². The number of aliphatic carboxylic acids is 1. The Balaban J connectivity index is 1.59. The quantitative estimate of drug-likeness (QED) is 0.116. The van der Waals surface area contributed by atoms with Gasteiger partial charge in [-0.3, -0.25) is 15.0 Å². The third-order valence-electron chi connectivity index (χ3n) is 6.75. The number of carbonyl (C=O) groups excluding carboxylic acids is 2. The fourth-order valence-corrected chi connectivity index (χ4v) is 6.64. The van der Waals surface area contributed by atoms with E-state index in [0.717, 1.165) is 15.4 Å². The molecule has 7 N–H and O–H groups in total. The normalized spacial score (nSPS) is 16.1. The van der Waals surface area contributed by atoms with Crippen molar-refractivity contribution in [3.8, 4) is 0 Å². The predicted octanol–water partition coefficient (Wildman–Crippen LogP) is 1.86. The molecular weight excluding hydrogens is 548 g/mol. The van der Waals surface area contributed by atoms with Gasteiger partial charge in [0.2, 0.25) is 21.8 Å². The smallest absolute Gasteiger partial charge is 0.326 e. The number of anilines is 1. The Bertz CT molecular complexity index is 1360. The molecule has 0 aliphatic carbocycles. The molecule has 1 aliphatic heterocycles. The molecule has 3 rings (SSSR count). The number of sulfonamides is 1. The first-order valence-corrected chi connectivity index (χ1v) is 14.9. The van der Waals surface area contributed by atoms with Crippen LogP contribution in [0.15, 0.2) is 47.4 Å². The number of carboxylic acids is 1. The van der Waals surface area contributed by atoms with Gasteiger partial charge in [-0.15, -0.1) is 0 Å². The van der Waals surface area contributed by atoms with Crippen LogP contribution in [0.3, 0.4) is 0 Å². The summed E-state index contributed by atoms with van der Waals surface area (Å²) in [7, 11) is -3.95. The minimum atomic E-state index is -3.95. The fourth-order valence-electron chi connectivity index (χ4n) is 4.79. The van der Waals surface area contributed by atoms with Gasteiger partial charge in [-0.1, -0.05) is 18.2 Å². The highest BCUT2D eigenvalue weighted by Crippen LogP contribution is 2.27. The lowest BCUT2D eigenvalue weighted by atomic mass is 10.0. The molecule has 41 heavy (non-hydrogen) atoms. The van der Waals surface area contributed by atoms with E-state index in [2.05, 4.69) is 16.0 Å². The number of nitrogens with two attached hydrogens (primary N) is 1. The van der Waals surface area contributed by atoms with Crippen LogP contribution < -0.4 is 21.7 Å². The summed E-state index contributed by atoms with van der Waals surface area (Å²) in [6.45, 7) is 4.29. The second-order valence-corrected chi connectivity index (χ2v) is 12.1. The lowest BCUT2D eigenvalue weighted by Gasteiger charge is -2.25. The Morgan fingerprint density at radius 3 is 2.37 bits per heavy atom. The van der Waals surface area contributed by atoms with E-state index in [0.29, 0.717) is 49.9 Å². The van der Waals surface area contributed by atoms with Crippen molar-refractivity contribution in [2.45, 2.75) is 69.4 Å². The molecule has 2 aromatic rings. The van der Waals surface area contributed by atoms with Gasteiger partial charge in [-0.05, 0) is 80.5 Å². The van der Waals surface area contributed by atoms with Gasteiger partial charge in [0.05, 0.1) is 4.90 Å². The minimum Gasteiger partial charge on any atom is -0.480 e. The van der Waals surface area contributed by atoms with Crippen LogP contribution >= 0.6 is 0 Å². The first-order valence-electron chi connectivity index (χ1n) is 13.5. The van der Waals surface area contributed by atoms with E-state index in [9.17, 15) is 27.9 Å². The maximum absolute atomic E-state index is 13.4. The molecule has 1 saturated heterocycles. The molecule has 1 fully saturated rings. The number of unbranched alkanes of at least 4 members (excludes halogenated alkanes) is 1. The van der Waals surface area contributed by atoms with Crippen LogP contribution in [0.25, 0.3) is 0 Å². The van der Waals surface area contributed by atoms with E-state index >= 15 is 0 Å². The highest BCUT2D eigenvalue weighted by atomic mass is 32.2. The predicted molar refractivity (Wildman–Crippen MR) is 155 cm³/mol. The van der Waals surface area contributed by atoms with Gasteiger partial charge in [-0.25, -0.2) is 13.2 Å². The van der Waals surface area contributed by atoms with Crippen molar-refractivity contribution in [3.05, 3.63) is 59.2 Å². The summed E-state index contributed by atoms with van der Waals surface area (Å²) < 4.78 is 27.9. The second kappa shape index (κ2) is 14.1. The molecule has 0 spiro atoms. The summed E-state index contributed by atoms with van der Waals surface area (Å²) in [5, 5.41) is 24.9. The van der Waals surface area contributed by atoms with E-state index in [1.54, 1.807) is 50.2 Å². The Kier molecular flexibility index (Phi) is 10.8. The van der Waals surface area contributed by atoms with Gasteiger partial charge in [0.25, 0.3) is 0 Å². The Hall–Kier alpha value is -3.97. The van der Waals surface area contributed by atoms with Crippen LogP contribution in [-0.4, -0.2) is 66.7 Å². The van der Waals surface area contributed by atoms with Gasteiger partial charge >= 0.3 is 5.97 Å². The molecule has 222 valence electrons. The topological polar surface area (TPSA) is 195 Å². The highest BCUT2D eigenvalue weighted by molar-refractivity contribution is 7.89. The molecule has 1 aliphatic rings. The molecule has 2 aromatic carbocycles. The van der Waals surface area contributed by atoms with Gasteiger partial charge in [0, 0.05) is 31.6 Å². The van der Waals surface area contributed by atoms with Crippen molar-refractivity contribution in [1.82, 2.24) is 14.9 Å². The zero-order chi connectivity index (χ0) is 30.2. The van der Waals surface area contributed by atoms with Crippen LogP contribution in [0.4, 0.5) is 5.69 Å². The minimum absolute atomic E-state index is 0.0189. The van der Waals surface area contributed by atoms with E-state index in [1.165, 1.54) is 0 Å². The third kappa shape index (κ3) is 9.02. The van der Waals surface area contributed by atoms with Crippen molar-refractivity contribution < 1.29 is 27.9 Å². The maximum Gasteiger partial charge on any atom is 0.326 e. The van der Waals surface area contributed by atoms with Crippen molar-refractivity contribution in [2.24, 2.45) is 5.73 Å². The summed E-state index contributed by atoms with van der Waals surface area (Å²) >= 11 is 0. The summed E-state index contributed by atoms with van der Waals surface area (Å²) in [5.74, 6) is -2.17. The molecule has 0 radical (unpaired) electrons. The zero-order valence-corrected chi connectivity index (χ0v) is 24.1. The SMILES string of the molecule is Cc1cc(C)cc(S(=O)(=O)N2CCC[C@H]2C(=O)N[C@@H](Cc2ccc(NC(=O)CCCCNC(=N)N)cc2)C(=O)O)c1. The fraction of sp³-hybridized carbons (Fsp3) is 0.429. The molecule has 2 amide bonds. The van der Waals surface area contributed by atoms with Crippen LogP contribution in [0.2, 0.25) is 0 Å². The number of nitrogens with one attached hydrogen (secondary N) is 4. The van der Waals surface area contributed by atoms with Gasteiger partial charge in [0.1, 0.15) is 12.1 Å². The molecule has 0 saturated carbocycles. The molecular formula is C28H38N6O6S. The van der Waals surface area contributed by atoms with E-state index in [-0.39, 0.29) is 29.7 Å². The Morgan fingerprint density at radius 1 is 1.10 bits per heavy atom. The number of carboxylic acid groups (broad SMARTS) is 1. The zero-order valence-electron chi connectivity index (χ0n) is 23.3. The monoisotopic (exact) mass is 586 g/mol. The molecule has 12 nitrogen and oxygen atoms in total. The molecule has 0 bridgehead atoms. The second-order valence-electron chi connectivity index (χ2n) is 10.2. The average Bonchev–Trinajstić information content (AvgIpc) is 3.39. The number of hydrogen-bond acceptors (Lipinski definition) is 6. The number of rotatable bonds is 13. The van der Waals surface area contributed by atoms with Crippen molar-refractivity contribution in [1.29, 1.82) is 5.41 Å². The molecule has 13 heteroatoms. The summed E-state index contributed by atoms with van der Waals surface area (Å²) in [4.78, 5) is 37.4. The number of aryl methyl sites for hydroxylation is 2. The lowest BCUT2D eigenvalue weighted by molar-refractivity contribution is -0.142. The largest absolute Gasteiger partial charge is 0.480 e. The van der Waals surface area contributed by atoms with Crippen molar-refractivity contribution in [3.63, 3.8) is 0 Å². The third-order valence-corrected chi connectivity index (χ3v) is 8.63. The van der Waals surface area contributed by atoms with E-state index in [4.69, 9.17) is 11.1 Å². The summed E-state index contributed by atoms with van der Waals surface area (Å²) in [6.07, 6.45) is 2.37. The number of carbonyl (C=O) groups is 3. The molecule has 2 atom stereocenters. The number of amides is 2. The number of nitrogens with zero attached hydrogens (tertiary/aromatic N) is 1. The first-order chi connectivity index (χ1) is 19.4. The number of benzene rings is 2. The van der Waals surface area contributed by atoms with Gasteiger partial charge < -0.3 is 26.8 Å². The Morgan fingerprint density at radius 2 is 1.76 bits per heavy atom. The lowest BCUT2D eigenvalue weighted by Crippen LogP contribution is -2.51. The van der Waals surface area contributed by atoms with Crippen LogP contribution in [0.1, 0.15) is 48.8 Å². The summed E-state index contributed by atoms with van der Waals surface area (Å²) in [6, 6.07) is 9.37. The standard InChI is InChI=1S/C28H38N6O6S/c1-18-14-19(2)16-22(15-18)41(39,40)34-13-5-6-24(34)26(36)33-23(27(37)38)17-20-8-10-21(11-9-20)32-25(35)7-3-4-12-31-28(29)30/h8-11,14-16,23-24H,3-7,12-13,17H2,1-2H3,(H,32,35)(H,33,36)(H,37,38)(H4,29,30,31)/t23-,24-/m0/s1. The van der Waals surface area contributed by atoms with Crippen LogP contribution in [0, 0.1) is 19.3 Å². The van der Waals surface area contributed by atoms with Crippen molar-refractivity contribution in [2.75, 3.05) is 18.4 Å². The summed E-state index contributed by atoms with van der Waals surface area (Å²) in [5.41, 5.74) is 7.97. The van der Waals surface area contributed by atoms with Crippen molar-refractivity contribution >= 4 is 39.5 Å². The van der Waals surface area contributed by atoms with Crippen LogP contribution in [-0.2, 0) is 30.8 Å². The van der Waals surface area contributed by atoms with Crippen LogP contribution in [0.5, 0.6) is 0 Å². The highest BCUT2D eigenvalue weighted by Gasteiger charge is 2.40.